The van der Waals surface area contributed by atoms with Gasteiger partial charge in [-0.1, -0.05) is 0 Å². The van der Waals surface area contributed by atoms with E-state index in [4.69, 9.17) is 4.74 Å². The normalized spacial score (nSPS) is 19.2. The molecule has 1 fully saturated rings. The maximum absolute atomic E-state index is 12.3. The Bertz CT molecular complexity index is 707. The lowest BCUT2D eigenvalue weighted by molar-refractivity contribution is 0.0159. The van der Waals surface area contributed by atoms with Crippen LogP contribution in [0, 0.1) is 0 Å². The van der Waals surface area contributed by atoms with Crippen molar-refractivity contribution < 1.29 is 9.53 Å². The summed E-state index contributed by atoms with van der Waals surface area (Å²) in [4.78, 5) is 24.8. The lowest BCUT2D eigenvalue weighted by atomic mass is 10.2. The van der Waals surface area contributed by atoms with Gasteiger partial charge in [0.05, 0.1) is 11.6 Å². The second kappa shape index (κ2) is 5.68. The zero-order valence-corrected chi connectivity index (χ0v) is 13.9. The first-order chi connectivity index (χ1) is 10.8. The van der Waals surface area contributed by atoms with Gasteiger partial charge in [-0.25, -0.2) is 14.8 Å². The number of nitrogens with zero attached hydrogens (tertiary/aromatic N) is 5. The molecule has 3 rings (SSSR count). The average molecular weight is 318 g/mol. The molecule has 1 aliphatic heterocycles. The molecule has 23 heavy (non-hydrogen) atoms. The third-order valence-corrected chi connectivity index (χ3v) is 3.78. The van der Waals surface area contributed by atoms with E-state index in [1.807, 2.05) is 27.7 Å². The van der Waals surface area contributed by atoms with E-state index >= 15 is 0 Å². The molecular weight excluding hydrogens is 296 g/mol. The molecule has 0 bridgehead atoms. The zero-order chi connectivity index (χ0) is 16.6. The molecule has 0 aromatic carbocycles. The van der Waals surface area contributed by atoms with Gasteiger partial charge in [0.2, 0.25) is 0 Å². The molecular formula is C15H22N6O2. The number of carbonyl (C=O) groups excluding carboxylic acids is 1. The Balaban J connectivity index is 1.74. The van der Waals surface area contributed by atoms with E-state index in [0.717, 1.165) is 16.9 Å². The van der Waals surface area contributed by atoms with Crippen molar-refractivity contribution in [1.29, 1.82) is 0 Å². The fourth-order valence-electron chi connectivity index (χ4n) is 2.75. The number of ether oxygens (including phenoxy) is 1. The number of aromatic amines is 1. The predicted molar refractivity (Wildman–Crippen MR) is 86.3 cm³/mol. The Labute approximate surface area is 134 Å². The number of nitrogens with one attached hydrogen (secondary N) is 1. The van der Waals surface area contributed by atoms with E-state index in [-0.39, 0.29) is 12.1 Å². The van der Waals surface area contributed by atoms with E-state index in [1.54, 1.807) is 11.1 Å². The number of fused-ring (bicyclic) bond motifs is 1. The molecule has 3 heterocycles. The molecule has 1 saturated heterocycles. The SMILES string of the molecule is CC1CN(c2ncnc3[nH]ncc23)CCN1C(=O)OC(C)(C)C. The van der Waals surface area contributed by atoms with Crippen LogP contribution < -0.4 is 4.90 Å². The van der Waals surface area contributed by atoms with E-state index in [2.05, 4.69) is 25.1 Å². The smallest absolute Gasteiger partial charge is 0.410 e. The minimum Gasteiger partial charge on any atom is -0.444 e. The molecule has 1 amide bonds. The van der Waals surface area contributed by atoms with Crippen LogP contribution in [0.2, 0.25) is 0 Å². The number of aromatic nitrogens is 4. The van der Waals surface area contributed by atoms with Gasteiger partial charge in [-0.05, 0) is 27.7 Å². The summed E-state index contributed by atoms with van der Waals surface area (Å²) in [6.07, 6.45) is 3.00. The summed E-state index contributed by atoms with van der Waals surface area (Å²) >= 11 is 0. The van der Waals surface area contributed by atoms with Crippen molar-refractivity contribution >= 4 is 22.9 Å². The van der Waals surface area contributed by atoms with Crippen LogP contribution >= 0.6 is 0 Å². The Kier molecular flexibility index (Phi) is 3.83. The van der Waals surface area contributed by atoms with Crippen molar-refractivity contribution in [2.45, 2.75) is 39.3 Å². The highest BCUT2D eigenvalue weighted by molar-refractivity contribution is 5.86. The second-order valence-electron chi connectivity index (χ2n) is 6.80. The van der Waals surface area contributed by atoms with Crippen molar-refractivity contribution in [3.8, 4) is 0 Å². The fourth-order valence-corrected chi connectivity index (χ4v) is 2.75. The van der Waals surface area contributed by atoms with Crippen molar-refractivity contribution in [3.63, 3.8) is 0 Å². The first-order valence-electron chi connectivity index (χ1n) is 7.74. The van der Waals surface area contributed by atoms with Gasteiger partial charge < -0.3 is 14.5 Å². The summed E-state index contributed by atoms with van der Waals surface area (Å²) in [7, 11) is 0. The fraction of sp³-hybridized carbons (Fsp3) is 0.600. The van der Waals surface area contributed by atoms with Gasteiger partial charge >= 0.3 is 6.09 Å². The van der Waals surface area contributed by atoms with Gasteiger partial charge in [0.15, 0.2) is 5.65 Å². The van der Waals surface area contributed by atoms with Crippen LogP contribution in [0.4, 0.5) is 10.6 Å². The van der Waals surface area contributed by atoms with E-state index in [1.165, 1.54) is 6.33 Å². The van der Waals surface area contributed by atoms with Gasteiger partial charge in [0.1, 0.15) is 17.7 Å². The quantitative estimate of drug-likeness (QED) is 0.862. The number of amides is 1. The molecule has 1 unspecified atom stereocenters. The third-order valence-electron chi connectivity index (χ3n) is 3.78. The summed E-state index contributed by atoms with van der Waals surface area (Å²) in [5.74, 6) is 0.847. The largest absolute Gasteiger partial charge is 0.444 e. The first kappa shape index (κ1) is 15.5. The highest BCUT2D eigenvalue weighted by atomic mass is 16.6. The molecule has 1 aliphatic rings. The number of carbonyl (C=O) groups is 1. The topological polar surface area (TPSA) is 87.2 Å². The molecule has 8 nitrogen and oxygen atoms in total. The van der Waals surface area contributed by atoms with Crippen LogP contribution in [0.1, 0.15) is 27.7 Å². The highest BCUT2D eigenvalue weighted by Gasteiger charge is 2.31. The van der Waals surface area contributed by atoms with Gasteiger partial charge in [0.25, 0.3) is 0 Å². The summed E-state index contributed by atoms with van der Waals surface area (Å²) in [6, 6.07) is 0.0375. The van der Waals surface area contributed by atoms with Crippen LogP contribution in [-0.2, 0) is 4.74 Å². The highest BCUT2D eigenvalue weighted by Crippen LogP contribution is 2.24. The average Bonchev–Trinajstić information content (AvgIpc) is 2.93. The van der Waals surface area contributed by atoms with E-state index < -0.39 is 5.60 Å². The summed E-state index contributed by atoms with van der Waals surface area (Å²) < 4.78 is 5.47. The molecule has 0 radical (unpaired) electrons. The standard InChI is InChI=1S/C15H22N6O2/c1-10-8-20(5-6-21(10)14(22)23-15(2,3)4)13-11-7-18-19-12(11)16-9-17-13/h7,9-10H,5-6,8H2,1-4H3,(H,16,17,18,19). The summed E-state index contributed by atoms with van der Waals surface area (Å²) in [5, 5.41) is 7.77. The summed E-state index contributed by atoms with van der Waals surface area (Å²) in [5.41, 5.74) is 0.237. The van der Waals surface area contributed by atoms with E-state index in [9.17, 15) is 4.79 Å². The Hall–Kier alpha value is -2.38. The minimum atomic E-state index is -0.483. The maximum atomic E-state index is 12.3. The number of hydrogen-bond acceptors (Lipinski definition) is 6. The number of hydrogen-bond donors (Lipinski definition) is 1. The van der Waals surface area contributed by atoms with Crippen LogP contribution in [0.5, 0.6) is 0 Å². The van der Waals surface area contributed by atoms with Crippen molar-refractivity contribution in [2.24, 2.45) is 0 Å². The first-order valence-corrected chi connectivity index (χ1v) is 7.74. The monoisotopic (exact) mass is 318 g/mol. The van der Waals surface area contributed by atoms with Crippen molar-refractivity contribution in [2.75, 3.05) is 24.5 Å². The van der Waals surface area contributed by atoms with Gasteiger partial charge in [0, 0.05) is 25.7 Å². The van der Waals surface area contributed by atoms with Gasteiger partial charge in [-0.3, -0.25) is 5.10 Å². The lowest BCUT2D eigenvalue weighted by Gasteiger charge is -2.40. The second-order valence-corrected chi connectivity index (χ2v) is 6.80. The molecule has 1 N–H and O–H groups in total. The molecule has 1 atom stereocenters. The van der Waals surface area contributed by atoms with Gasteiger partial charge in [-0.2, -0.15) is 5.10 Å². The zero-order valence-electron chi connectivity index (χ0n) is 13.9. The molecule has 0 spiro atoms. The van der Waals surface area contributed by atoms with Crippen LogP contribution in [-0.4, -0.2) is 62.4 Å². The van der Waals surface area contributed by atoms with Crippen LogP contribution in [0.3, 0.4) is 0 Å². The Morgan fingerprint density at radius 2 is 2.13 bits per heavy atom. The number of anilines is 1. The molecule has 0 aliphatic carbocycles. The molecule has 2 aromatic rings. The lowest BCUT2D eigenvalue weighted by Crippen LogP contribution is -2.55. The summed E-state index contributed by atoms with van der Waals surface area (Å²) in [6.45, 7) is 9.63. The maximum Gasteiger partial charge on any atom is 0.410 e. The molecule has 8 heteroatoms. The van der Waals surface area contributed by atoms with Crippen LogP contribution in [0.15, 0.2) is 12.5 Å². The van der Waals surface area contributed by atoms with Crippen molar-refractivity contribution in [3.05, 3.63) is 12.5 Å². The third kappa shape index (κ3) is 3.20. The Morgan fingerprint density at radius 3 is 2.83 bits per heavy atom. The molecule has 0 saturated carbocycles. The number of rotatable bonds is 1. The Morgan fingerprint density at radius 1 is 1.35 bits per heavy atom. The number of H-pyrrole nitrogens is 1. The van der Waals surface area contributed by atoms with Crippen molar-refractivity contribution in [1.82, 2.24) is 25.1 Å². The molecule has 124 valence electrons. The van der Waals surface area contributed by atoms with E-state index in [0.29, 0.717) is 19.6 Å². The molecule has 2 aromatic heterocycles. The number of piperazine rings is 1. The van der Waals surface area contributed by atoms with Gasteiger partial charge in [-0.15, -0.1) is 0 Å². The predicted octanol–water partition coefficient (Wildman–Crippen LogP) is 1.80. The minimum absolute atomic E-state index is 0.0375. The van der Waals surface area contributed by atoms with Crippen LogP contribution in [0.25, 0.3) is 11.0 Å².